The van der Waals surface area contributed by atoms with Gasteiger partial charge in [-0.2, -0.15) is 0 Å². The van der Waals surface area contributed by atoms with Gasteiger partial charge < -0.3 is 5.11 Å². The minimum Gasteiger partial charge on any atom is -0.477 e. The molecule has 1 rings (SSSR count). The summed E-state index contributed by atoms with van der Waals surface area (Å²) in [5.41, 5.74) is 1.71. The summed E-state index contributed by atoms with van der Waals surface area (Å²) in [6.07, 6.45) is 1.58. The molecule has 0 aliphatic carbocycles. The molecule has 0 saturated heterocycles. The predicted octanol–water partition coefficient (Wildman–Crippen LogP) is 2.40. The average molecular weight is 168 g/mol. The van der Waals surface area contributed by atoms with Gasteiger partial charge in [-0.15, -0.1) is 11.3 Å². The summed E-state index contributed by atoms with van der Waals surface area (Å²) in [6, 6.07) is 0. The smallest absolute Gasteiger partial charge is 0.346 e. The normalized spacial score (nSPS) is 9.55. The molecule has 0 atom stereocenters. The number of aromatic carboxylic acids is 1. The first-order valence-corrected chi connectivity index (χ1v) is 3.98. The molecule has 0 aliphatic heterocycles. The summed E-state index contributed by atoms with van der Waals surface area (Å²) < 4.78 is 0. The van der Waals surface area contributed by atoms with Gasteiger partial charge in [0.25, 0.3) is 0 Å². The standard InChI is InChI=1S/C8H8O2S/c1-3-6-5(2)4-11-7(6)8(9)10/h3-4H,1H2,2H3,(H,9,10). The van der Waals surface area contributed by atoms with E-state index in [2.05, 4.69) is 6.58 Å². The first-order valence-electron chi connectivity index (χ1n) is 3.10. The van der Waals surface area contributed by atoms with E-state index in [-0.39, 0.29) is 0 Å². The SMILES string of the molecule is C=Cc1c(C)csc1C(=O)O. The molecule has 1 N–H and O–H groups in total. The van der Waals surface area contributed by atoms with Crippen molar-refractivity contribution in [3.05, 3.63) is 28.0 Å². The molecule has 0 amide bonds. The molecule has 0 spiro atoms. The first-order chi connectivity index (χ1) is 5.16. The van der Waals surface area contributed by atoms with Crippen molar-refractivity contribution >= 4 is 23.4 Å². The maximum Gasteiger partial charge on any atom is 0.346 e. The van der Waals surface area contributed by atoms with Crippen LogP contribution >= 0.6 is 11.3 Å². The molecule has 1 aromatic rings. The first kappa shape index (κ1) is 8.01. The Bertz CT molecular complexity index is 299. The summed E-state index contributed by atoms with van der Waals surface area (Å²) >= 11 is 1.24. The van der Waals surface area contributed by atoms with E-state index in [0.29, 0.717) is 4.88 Å². The Morgan fingerprint density at radius 1 is 1.82 bits per heavy atom. The van der Waals surface area contributed by atoms with Gasteiger partial charge in [-0.05, 0) is 17.9 Å². The number of hydrogen-bond acceptors (Lipinski definition) is 2. The zero-order chi connectivity index (χ0) is 8.43. The van der Waals surface area contributed by atoms with Gasteiger partial charge in [-0.3, -0.25) is 0 Å². The topological polar surface area (TPSA) is 37.3 Å². The van der Waals surface area contributed by atoms with Crippen molar-refractivity contribution in [1.29, 1.82) is 0 Å². The fourth-order valence-corrected chi connectivity index (χ4v) is 1.77. The lowest BCUT2D eigenvalue weighted by molar-refractivity contribution is 0.0702. The molecule has 1 aromatic heterocycles. The third-order valence-corrected chi connectivity index (χ3v) is 2.52. The number of hydrogen-bond donors (Lipinski definition) is 1. The van der Waals surface area contributed by atoms with Crippen molar-refractivity contribution in [3.63, 3.8) is 0 Å². The van der Waals surface area contributed by atoms with Crippen molar-refractivity contribution in [2.24, 2.45) is 0 Å². The molecule has 0 aromatic carbocycles. The quantitative estimate of drug-likeness (QED) is 0.736. The summed E-state index contributed by atoms with van der Waals surface area (Å²) in [6.45, 7) is 5.43. The highest BCUT2D eigenvalue weighted by Gasteiger charge is 2.11. The second kappa shape index (κ2) is 2.88. The van der Waals surface area contributed by atoms with Crippen molar-refractivity contribution in [1.82, 2.24) is 0 Å². The number of aryl methyl sites for hydroxylation is 1. The number of thiophene rings is 1. The predicted molar refractivity (Wildman–Crippen MR) is 46.1 cm³/mol. The number of rotatable bonds is 2. The zero-order valence-electron chi connectivity index (χ0n) is 6.13. The maximum atomic E-state index is 10.6. The molecule has 2 nitrogen and oxygen atoms in total. The Morgan fingerprint density at radius 3 is 2.82 bits per heavy atom. The molecule has 0 bridgehead atoms. The van der Waals surface area contributed by atoms with Crippen LogP contribution in [0.5, 0.6) is 0 Å². The van der Waals surface area contributed by atoms with Gasteiger partial charge in [0.05, 0.1) is 0 Å². The molecule has 58 valence electrons. The molecule has 0 unspecified atom stereocenters. The third kappa shape index (κ3) is 1.33. The van der Waals surface area contributed by atoms with Gasteiger partial charge in [-0.25, -0.2) is 4.79 Å². The summed E-state index contributed by atoms with van der Waals surface area (Å²) in [5.74, 6) is -0.877. The Balaban J connectivity index is 3.26. The molecule has 3 heteroatoms. The van der Waals surface area contributed by atoms with Crippen LogP contribution in [0.4, 0.5) is 0 Å². The van der Waals surface area contributed by atoms with Crippen LogP contribution in [0.25, 0.3) is 6.08 Å². The highest BCUT2D eigenvalue weighted by atomic mass is 32.1. The average Bonchev–Trinajstić information content (AvgIpc) is 2.30. The van der Waals surface area contributed by atoms with Crippen LogP contribution in [0.1, 0.15) is 20.8 Å². The molecule has 0 radical (unpaired) electrons. The second-order valence-electron chi connectivity index (χ2n) is 2.17. The van der Waals surface area contributed by atoms with Crippen molar-refractivity contribution in [2.45, 2.75) is 6.92 Å². The lowest BCUT2D eigenvalue weighted by Gasteiger charge is -1.91. The molecular formula is C8H8O2S. The van der Waals surface area contributed by atoms with Gasteiger partial charge in [0.2, 0.25) is 0 Å². The Hall–Kier alpha value is -1.09. The minimum absolute atomic E-state index is 0.373. The van der Waals surface area contributed by atoms with Gasteiger partial charge >= 0.3 is 5.97 Å². The third-order valence-electron chi connectivity index (χ3n) is 1.42. The van der Waals surface area contributed by atoms with E-state index in [4.69, 9.17) is 5.11 Å². The fraction of sp³-hybridized carbons (Fsp3) is 0.125. The Kier molecular flexibility index (Phi) is 2.10. The number of carboxylic acid groups (broad SMARTS) is 1. The molecule has 11 heavy (non-hydrogen) atoms. The highest BCUT2D eigenvalue weighted by Crippen LogP contribution is 2.22. The van der Waals surface area contributed by atoms with Crippen molar-refractivity contribution < 1.29 is 9.90 Å². The lowest BCUT2D eigenvalue weighted by Crippen LogP contribution is -1.94. The van der Waals surface area contributed by atoms with E-state index in [0.717, 1.165) is 11.1 Å². The van der Waals surface area contributed by atoms with Crippen molar-refractivity contribution in [3.8, 4) is 0 Å². The van der Waals surface area contributed by atoms with E-state index >= 15 is 0 Å². The van der Waals surface area contributed by atoms with Crippen LogP contribution in [0.15, 0.2) is 12.0 Å². The maximum absolute atomic E-state index is 10.6. The second-order valence-corrected chi connectivity index (χ2v) is 3.05. The van der Waals surface area contributed by atoms with E-state index in [1.165, 1.54) is 11.3 Å². The summed E-state index contributed by atoms with van der Waals surface area (Å²) in [5, 5.41) is 10.5. The van der Waals surface area contributed by atoms with Gasteiger partial charge in [0, 0.05) is 5.56 Å². The van der Waals surface area contributed by atoms with Gasteiger partial charge in [-0.1, -0.05) is 12.7 Å². The number of carbonyl (C=O) groups is 1. The van der Waals surface area contributed by atoms with Crippen LogP contribution < -0.4 is 0 Å². The molecule has 0 saturated carbocycles. The van der Waals surface area contributed by atoms with Crippen LogP contribution in [0.2, 0.25) is 0 Å². The van der Waals surface area contributed by atoms with Crippen LogP contribution in [0, 0.1) is 6.92 Å². The van der Waals surface area contributed by atoms with E-state index in [1.807, 2.05) is 12.3 Å². The largest absolute Gasteiger partial charge is 0.477 e. The van der Waals surface area contributed by atoms with Crippen LogP contribution in [0.3, 0.4) is 0 Å². The summed E-state index contributed by atoms with van der Waals surface area (Å²) in [4.78, 5) is 10.9. The fourth-order valence-electron chi connectivity index (χ4n) is 0.873. The van der Waals surface area contributed by atoms with Gasteiger partial charge in [0.1, 0.15) is 4.88 Å². The summed E-state index contributed by atoms with van der Waals surface area (Å²) in [7, 11) is 0. The minimum atomic E-state index is -0.877. The molecule has 0 aliphatic rings. The zero-order valence-corrected chi connectivity index (χ0v) is 6.94. The Labute approximate surface area is 68.8 Å². The van der Waals surface area contributed by atoms with Gasteiger partial charge in [0.15, 0.2) is 0 Å². The van der Waals surface area contributed by atoms with Crippen LogP contribution in [-0.4, -0.2) is 11.1 Å². The van der Waals surface area contributed by atoms with E-state index < -0.39 is 5.97 Å². The molecule has 1 heterocycles. The van der Waals surface area contributed by atoms with Crippen LogP contribution in [-0.2, 0) is 0 Å². The van der Waals surface area contributed by atoms with E-state index in [9.17, 15) is 4.79 Å². The molecule has 0 fully saturated rings. The number of carboxylic acids is 1. The molecular weight excluding hydrogens is 160 g/mol. The highest BCUT2D eigenvalue weighted by molar-refractivity contribution is 7.12. The Morgan fingerprint density at radius 2 is 2.45 bits per heavy atom. The lowest BCUT2D eigenvalue weighted by atomic mass is 10.2. The monoisotopic (exact) mass is 168 g/mol. The van der Waals surface area contributed by atoms with Crippen molar-refractivity contribution in [2.75, 3.05) is 0 Å². The van der Waals surface area contributed by atoms with E-state index in [1.54, 1.807) is 6.08 Å².